The Morgan fingerprint density at radius 1 is 1.62 bits per heavy atom. The zero-order valence-corrected chi connectivity index (χ0v) is 7.93. The Kier molecular flexibility index (Phi) is 2.12. The van der Waals surface area contributed by atoms with E-state index in [0.717, 1.165) is 31.3 Å². The summed E-state index contributed by atoms with van der Waals surface area (Å²) in [5.41, 5.74) is 0.605. The van der Waals surface area contributed by atoms with Gasteiger partial charge in [0.2, 0.25) is 0 Å². The minimum Gasteiger partial charge on any atom is -0.500 e. The van der Waals surface area contributed by atoms with Crippen molar-refractivity contribution in [3.8, 4) is 0 Å². The van der Waals surface area contributed by atoms with Crippen LogP contribution in [0.5, 0.6) is 0 Å². The number of carbonyl (C=O) groups excluding carboxylic acids is 1. The SMILES string of the molecule is CNC1(C(=O)C2=COCC2)CCC1. The quantitative estimate of drug-likeness (QED) is 0.706. The summed E-state index contributed by atoms with van der Waals surface area (Å²) < 4.78 is 5.08. The van der Waals surface area contributed by atoms with Crippen molar-refractivity contribution < 1.29 is 9.53 Å². The molecule has 13 heavy (non-hydrogen) atoms. The molecule has 0 aromatic rings. The first kappa shape index (κ1) is 8.75. The lowest BCUT2D eigenvalue weighted by Crippen LogP contribution is -2.56. The highest BCUT2D eigenvalue weighted by Crippen LogP contribution is 2.35. The highest BCUT2D eigenvalue weighted by Gasteiger charge is 2.44. The molecular weight excluding hydrogens is 166 g/mol. The van der Waals surface area contributed by atoms with Crippen molar-refractivity contribution >= 4 is 5.78 Å². The van der Waals surface area contributed by atoms with E-state index in [2.05, 4.69) is 5.32 Å². The maximum absolute atomic E-state index is 12.0. The largest absolute Gasteiger partial charge is 0.500 e. The summed E-state index contributed by atoms with van der Waals surface area (Å²) in [7, 11) is 1.87. The normalized spacial score (nSPS) is 24.5. The van der Waals surface area contributed by atoms with E-state index in [9.17, 15) is 4.79 Å². The number of likely N-dealkylation sites (N-methyl/N-ethyl adjacent to an activating group) is 1. The second-order valence-electron chi connectivity index (χ2n) is 3.78. The highest BCUT2D eigenvalue weighted by molar-refractivity contribution is 6.03. The van der Waals surface area contributed by atoms with Gasteiger partial charge >= 0.3 is 0 Å². The zero-order valence-electron chi connectivity index (χ0n) is 7.93. The van der Waals surface area contributed by atoms with Crippen LogP contribution in [0.4, 0.5) is 0 Å². The van der Waals surface area contributed by atoms with E-state index in [1.165, 1.54) is 0 Å². The van der Waals surface area contributed by atoms with Gasteiger partial charge in [-0.25, -0.2) is 0 Å². The van der Waals surface area contributed by atoms with Crippen molar-refractivity contribution in [3.63, 3.8) is 0 Å². The van der Waals surface area contributed by atoms with Crippen LogP contribution in [-0.2, 0) is 9.53 Å². The van der Waals surface area contributed by atoms with E-state index >= 15 is 0 Å². The molecule has 3 nitrogen and oxygen atoms in total. The standard InChI is InChI=1S/C10H15NO2/c1-11-10(4-2-5-10)9(12)8-3-6-13-7-8/h7,11H,2-6H2,1H3. The second kappa shape index (κ2) is 3.14. The summed E-state index contributed by atoms with van der Waals surface area (Å²) in [4.78, 5) is 12.0. The van der Waals surface area contributed by atoms with Gasteiger partial charge in [0.1, 0.15) is 0 Å². The van der Waals surface area contributed by atoms with Crippen molar-refractivity contribution in [1.29, 1.82) is 0 Å². The van der Waals surface area contributed by atoms with Crippen molar-refractivity contribution in [1.82, 2.24) is 5.32 Å². The maximum atomic E-state index is 12.0. The molecule has 72 valence electrons. The Balaban J connectivity index is 2.10. The van der Waals surface area contributed by atoms with Crippen LogP contribution in [-0.4, -0.2) is 25.0 Å². The second-order valence-corrected chi connectivity index (χ2v) is 3.78. The molecule has 0 atom stereocenters. The van der Waals surface area contributed by atoms with E-state index in [0.29, 0.717) is 6.61 Å². The Hall–Kier alpha value is -0.830. The van der Waals surface area contributed by atoms with Crippen LogP contribution in [0.3, 0.4) is 0 Å². The van der Waals surface area contributed by atoms with Gasteiger partial charge in [-0.1, -0.05) is 0 Å². The fourth-order valence-electron chi connectivity index (χ4n) is 1.98. The third-order valence-corrected chi connectivity index (χ3v) is 3.13. The molecule has 0 aromatic carbocycles. The minimum atomic E-state index is -0.250. The summed E-state index contributed by atoms with van der Waals surface area (Å²) in [6.07, 6.45) is 5.50. The van der Waals surface area contributed by atoms with Gasteiger partial charge in [-0.3, -0.25) is 4.79 Å². The van der Waals surface area contributed by atoms with Gasteiger partial charge in [-0.05, 0) is 26.3 Å². The Labute approximate surface area is 78.1 Å². The Bertz CT molecular complexity index is 248. The van der Waals surface area contributed by atoms with E-state index < -0.39 is 0 Å². The first-order valence-electron chi connectivity index (χ1n) is 4.83. The summed E-state index contributed by atoms with van der Waals surface area (Å²) in [6, 6.07) is 0. The van der Waals surface area contributed by atoms with Gasteiger partial charge in [-0.2, -0.15) is 0 Å². The number of ether oxygens (including phenoxy) is 1. The van der Waals surface area contributed by atoms with Gasteiger partial charge in [0.25, 0.3) is 0 Å². The molecule has 0 aromatic heterocycles. The van der Waals surface area contributed by atoms with Gasteiger partial charge < -0.3 is 10.1 Å². The highest BCUT2D eigenvalue weighted by atomic mass is 16.5. The molecule has 2 aliphatic rings. The summed E-state index contributed by atoms with van der Waals surface area (Å²) >= 11 is 0. The van der Waals surface area contributed by atoms with Crippen molar-refractivity contribution in [2.75, 3.05) is 13.7 Å². The molecule has 1 heterocycles. The number of Topliss-reactive ketones (excluding diaryl/α,β-unsaturated/α-hetero) is 1. The number of hydrogen-bond acceptors (Lipinski definition) is 3. The van der Waals surface area contributed by atoms with Gasteiger partial charge in [-0.15, -0.1) is 0 Å². The summed E-state index contributed by atoms with van der Waals surface area (Å²) in [6.45, 7) is 0.668. The van der Waals surface area contributed by atoms with Crippen molar-refractivity contribution in [2.24, 2.45) is 0 Å². The predicted octanol–water partition coefficient (Wildman–Crippen LogP) is 1.00. The number of carbonyl (C=O) groups is 1. The fraction of sp³-hybridized carbons (Fsp3) is 0.700. The number of rotatable bonds is 3. The Morgan fingerprint density at radius 2 is 2.38 bits per heavy atom. The maximum Gasteiger partial charge on any atom is 0.182 e. The molecule has 1 saturated carbocycles. The van der Waals surface area contributed by atoms with Crippen LogP contribution in [0.2, 0.25) is 0 Å². The van der Waals surface area contributed by atoms with Crippen molar-refractivity contribution in [3.05, 3.63) is 11.8 Å². The average molecular weight is 181 g/mol. The number of ketones is 1. The molecule has 1 aliphatic heterocycles. The lowest BCUT2D eigenvalue weighted by molar-refractivity contribution is -0.124. The molecular formula is C10H15NO2. The smallest absolute Gasteiger partial charge is 0.182 e. The monoisotopic (exact) mass is 181 g/mol. The van der Waals surface area contributed by atoms with Crippen LogP contribution in [0.25, 0.3) is 0 Å². The third kappa shape index (κ3) is 1.27. The van der Waals surface area contributed by atoms with Crippen molar-refractivity contribution in [2.45, 2.75) is 31.2 Å². The van der Waals surface area contributed by atoms with Gasteiger partial charge in [0.05, 0.1) is 18.4 Å². The molecule has 1 aliphatic carbocycles. The molecule has 0 amide bonds. The van der Waals surface area contributed by atoms with Gasteiger partial charge in [0, 0.05) is 12.0 Å². The van der Waals surface area contributed by atoms with Crippen LogP contribution >= 0.6 is 0 Å². The van der Waals surface area contributed by atoms with Crippen LogP contribution in [0.1, 0.15) is 25.7 Å². The van der Waals surface area contributed by atoms with Gasteiger partial charge in [0.15, 0.2) is 5.78 Å². The van der Waals surface area contributed by atoms with Crippen LogP contribution in [0, 0.1) is 0 Å². The first-order chi connectivity index (χ1) is 6.28. The third-order valence-electron chi connectivity index (χ3n) is 3.13. The average Bonchev–Trinajstić information content (AvgIpc) is 2.54. The van der Waals surface area contributed by atoms with E-state index in [1.807, 2.05) is 7.05 Å². The zero-order chi connectivity index (χ0) is 9.31. The molecule has 2 rings (SSSR count). The summed E-state index contributed by atoms with van der Waals surface area (Å²) in [5.74, 6) is 0.249. The van der Waals surface area contributed by atoms with E-state index in [4.69, 9.17) is 4.74 Å². The topological polar surface area (TPSA) is 38.3 Å². The predicted molar refractivity (Wildman–Crippen MR) is 49.3 cm³/mol. The molecule has 3 heteroatoms. The molecule has 0 bridgehead atoms. The lowest BCUT2D eigenvalue weighted by Gasteiger charge is -2.40. The van der Waals surface area contributed by atoms with Crippen LogP contribution in [0.15, 0.2) is 11.8 Å². The molecule has 0 radical (unpaired) electrons. The first-order valence-corrected chi connectivity index (χ1v) is 4.83. The number of nitrogens with one attached hydrogen (secondary N) is 1. The lowest BCUT2D eigenvalue weighted by atomic mass is 9.71. The van der Waals surface area contributed by atoms with E-state index in [-0.39, 0.29) is 11.3 Å². The fourth-order valence-corrected chi connectivity index (χ4v) is 1.98. The molecule has 1 N–H and O–H groups in total. The molecule has 0 unspecified atom stereocenters. The molecule has 1 fully saturated rings. The Morgan fingerprint density at radius 3 is 2.77 bits per heavy atom. The van der Waals surface area contributed by atoms with Crippen LogP contribution < -0.4 is 5.32 Å². The van der Waals surface area contributed by atoms with E-state index in [1.54, 1.807) is 6.26 Å². The number of hydrogen-bond donors (Lipinski definition) is 1. The summed E-state index contributed by atoms with van der Waals surface area (Å²) in [5, 5.41) is 3.15. The molecule has 0 spiro atoms. The minimum absolute atomic E-state index is 0.249. The molecule has 0 saturated heterocycles.